The maximum absolute atomic E-state index is 4.53. The van der Waals surface area contributed by atoms with Crippen molar-refractivity contribution in [2.24, 2.45) is 11.0 Å². The van der Waals surface area contributed by atoms with Crippen LogP contribution in [-0.2, 0) is 0 Å². The highest BCUT2D eigenvalue weighted by Gasteiger charge is 2.09. The molecule has 0 rings (SSSR count). The number of rotatable bonds is 6. The van der Waals surface area contributed by atoms with Crippen molar-refractivity contribution in [2.45, 2.75) is 47.0 Å². The Labute approximate surface area is 95.1 Å². The first-order chi connectivity index (χ1) is 7.01. The van der Waals surface area contributed by atoms with Crippen molar-refractivity contribution in [1.82, 2.24) is 5.01 Å². The van der Waals surface area contributed by atoms with Crippen LogP contribution in [0.4, 0.5) is 0 Å². The molecule has 0 aromatic carbocycles. The summed E-state index contributed by atoms with van der Waals surface area (Å²) in [6.45, 7) is 8.84. The molecule has 0 radical (unpaired) electrons. The second-order valence-electron chi connectivity index (χ2n) is 4.36. The normalized spacial score (nSPS) is 15.3. The number of nitrogens with zero attached hydrogens (tertiary/aromatic N) is 2. The topological polar surface area (TPSA) is 15.6 Å². The third kappa shape index (κ3) is 6.32. The summed E-state index contributed by atoms with van der Waals surface area (Å²) in [7, 11) is 3.97. The van der Waals surface area contributed by atoms with Crippen LogP contribution in [0.2, 0.25) is 0 Å². The van der Waals surface area contributed by atoms with Crippen LogP contribution >= 0.6 is 0 Å². The van der Waals surface area contributed by atoms with E-state index in [4.69, 9.17) is 0 Å². The molecule has 0 aliphatic carbocycles. The summed E-state index contributed by atoms with van der Waals surface area (Å²) >= 11 is 0. The quantitative estimate of drug-likeness (QED) is 0.371. The predicted molar refractivity (Wildman–Crippen MR) is 69.2 cm³/mol. The lowest BCUT2D eigenvalue weighted by atomic mass is 9.95. The molecule has 0 aliphatic rings. The SMILES string of the molecule is CC/C=C(\C)CC(C)/C(CC)=N\N(C)C. The highest BCUT2D eigenvalue weighted by Crippen LogP contribution is 2.15. The monoisotopic (exact) mass is 210 g/mol. The molecule has 0 aromatic rings. The molecule has 2 nitrogen and oxygen atoms in total. The van der Waals surface area contributed by atoms with E-state index in [9.17, 15) is 0 Å². The number of hydrazone groups is 1. The van der Waals surface area contributed by atoms with Gasteiger partial charge in [0.2, 0.25) is 0 Å². The van der Waals surface area contributed by atoms with Crippen LogP contribution in [0.25, 0.3) is 0 Å². The van der Waals surface area contributed by atoms with Crippen LogP contribution in [0, 0.1) is 5.92 Å². The van der Waals surface area contributed by atoms with Gasteiger partial charge in [0.15, 0.2) is 0 Å². The van der Waals surface area contributed by atoms with E-state index in [1.807, 2.05) is 19.1 Å². The van der Waals surface area contributed by atoms with Crippen molar-refractivity contribution in [1.29, 1.82) is 0 Å². The van der Waals surface area contributed by atoms with Gasteiger partial charge in [-0.3, -0.25) is 0 Å². The second-order valence-corrected chi connectivity index (χ2v) is 4.36. The minimum absolute atomic E-state index is 0.556. The number of hydrogen-bond acceptors (Lipinski definition) is 2. The number of hydrogen-bond donors (Lipinski definition) is 0. The smallest absolute Gasteiger partial charge is 0.0409 e. The van der Waals surface area contributed by atoms with Gasteiger partial charge in [0, 0.05) is 19.8 Å². The summed E-state index contributed by atoms with van der Waals surface area (Å²) < 4.78 is 0. The third-order valence-electron chi connectivity index (χ3n) is 2.44. The van der Waals surface area contributed by atoms with Crippen molar-refractivity contribution in [2.75, 3.05) is 14.1 Å². The van der Waals surface area contributed by atoms with Crippen molar-refractivity contribution >= 4 is 5.71 Å². The van der Waals surface area contributed by atoms with Gasteiger partial charge in [-0.05, 0) is 32.1 Å². The van der Waals surface area contributed by atoms with Crippen LogP contribution in [-0.4, -0.2) is 24.8 Å². The van der Waals surface area contributed by atoms with Gasteiger partial charge in [-0.2, -0.15) is 5.10 Å². The van der Waals surface area contributed by atoms with Gasteiger partial charge in [-0.25, -0.2) is 0 Å². The van der Waals surface area contributed by atoms with E-state index < -0.39 is 0 Å². The van der Waals surface area contributed by atoms with Crippen LogP contribution in [0.5, 0.6) is 0 Å². The molecule has 15 heavy (non-hydrogen) atoms. The van der Waals surface area contributed by atoms with Gasteiger partial charge >= 0.3 is 0 Å². The lowest BCUT2D eigenvalue weighted by Gasteiger charge is -2.16. The molecular weight excluding hydrogens is 184 g/mol. The standard InChI is InChI=1S/C13H26N2/c1-7-9-11(3)10-12(4)13(8-2)14-15(5)6/h9,12H,7-8,10H2,1-6H3/b11-9+,14-13-. The summed E-state index contributed by atoms with van der Waals surface area (Å²) in [5.41, 5.74) is 2.77. The molecule has 0 spiro atoms. The fourth-order valence-corrected chi connectivity index (χ4v) is 1.81. The average Bonchev–Trinajstić information content (AvgIpc) is 2.13. The average molecular weight is 210 g/mol. The molecule has 0 fully saturated rings. The van der Waals surface area contributed by atoms with Crippen molar-refractivity contribution in [3.63, 3.8) is 0 Å². The Balaban J connectivity index is 4.40. The van der Waals surface area contributed by atoms with Gasteiger partial charge < -0.3 is 5.01 Å². The maximum atomic E-state index is 4.53. The maximum Gasteiger partial charge on any atom is 0.0409 e. The molecule has 0 aliphatic heterocycles. The molecule has 0 amide bonds. The first-order valence-electron chi connectivity index (χ1n) is 5.91. The molecule has 0 N–H and O–H groups in total. The molecule has 1 atom stereocenters. The minimum atomic E-state index is 0.556. The molecule has 0 aromatic heterocycles. The fourth-order valence-electron chi connectivity index (χ4n) is 1.81. The Morgan fingerprint density at radius 2 is 1.93 bits per heavy atom. The Hall–Kier alpha value is -0.790. The molecule has 88 valence electrons. The molecule has 1 unspecified atom stereocenters. The van der Waals surface area contributed by atoms with Crippen LogP contribution in [0.3, 0.4) is 0 Å². The van der Waals surface area contributed by atoms with E-state index in [2.05, 4.69) is 38.9 Å². The van der Waals surface area contributed by atoms with Crippen LogP contribution in [0.1, 0.15) is 47.0 Å². The summed E-state index contributed by atoms with van der Waals surface area (Å²) in [6.07, 6.45) is 5.61. The van der Waals surface area contributed by atoms with E-state index in [0.29, 0.717) is 5.92 Å². The first-order valence-corrected chi connectivity index (χ1v) is 5.91. The Bertz CT molecular complexity index is 227. The van der Waals surface area contributed by atoms with Gasteiger partial charge in [0.25, 0.3) is 0 Å². The second kappa shape index (κ2) is 7.49. The summed E-state index contributed by atoms with van der Waals surface area (Å²) in [6, 6.07) is 0. The van der Waals surface area contributed by atoms with E-state index in [1.165, 1.54) is 11.3 Å². The van der Waals surface area contributed by atoms with Crippen LogP contribution < -0.4 is 0 Å². The summed E-state index contributed by atoms with van der Waals surface area (Å²) in [5, 5.41) is 6.43. The zero-order valence-electron chi connectivity index (χ0n) is 11.2. The molecule has 2 heteroatoms. The fraction of sp³-hybridized carbons (Fsp3) is 0.769. The lowest BCUT2D eigenvalue weighted by Crippen LogP contribution is -2.15. The van der Waals surface area contributed by atoms with Gasteiger partial charge in [0.05, 0.1) is 0 Å². The molecular formula is C13H26N2. The van der Waals surface area contributed by atoms with E-state index in [1.54, 1.807) is 0 Å². The van der Waals surface area contributed by atoms with Crippen molar-refractivity contribution in [3.05, 3.63) is 11.6 Å². The predicted octanol–water partition coefficient (Wildman–Crippen LogP) is 3.70. The summed E-state index contributed by atoms with van der Waals surface area (Å²) in [4.78, 5) is 0. The van der Waals surface area contributed by atoms with E-state index in [-0.39, 0.29) is 0 Å². The van der Waals surface area contributed by atoms with Crippen molar-refractivity contribution < 1.29 is 0 Å². The Morgan fingerprint density at radius 3 is 2.33 bits per heavy atom. The lowest BCUT2D eigenvalue weighted by molar-refractivity contribution is 0.431. The van der Waals surface area contributed by atoms with Gasteiger partial charge in [0.1, 0.15) is 0 Å². The molecule has 0 saturated carbocycles. The van der Waals surface area contributed by atoms with Crippen molar-refractivity contribution in [3.8, 4) is 0 Å². The third-order valence-corrected chi connectivity index (χ3v) is 2.44. The zero-order chi connectivity index (χ0) is 11.8. The molecule has 0 heterocycles. The Morgan fingerprint density at radius 1 is 1.33 bits per heavy atom. The highest BCUT2D eigenvalue weighted by molar-refractivity contribution is 5.86. The zero-order valence-corrected chi connectivity index (χ0v) is 11.2. The first kappa shape index (κ1) is 14.2. The van der Waals surface area contributed by atoms with E-state index in [0.717, 1.165) is 19.3 Å². The number of allylic oxidation sites excluding steroid dienone is 2. The molecule has 0 saturated heterocycles. The molecule has 0 bridgehead atoms. The van der Waals surface area contributed by atoms with Gasteiger partial charge in [-0.1, -0.05) is 32.4 Å². The van der Waals surface area contributed by atoms with E-state index >= 15 is 0 Å². The highest BCUT2D eigenvalue weighted by atomic mass is 15.4. The minimum Gasteiger partial charge on any atom is -0.303 e. The largest absolute Gasteiger partial charge is 0.303 e. The van der Waals surface area contributed by atoms with Gasteiger partial charge in [-0.15, -0.1) is 0 Å². The summed E-state index contributed by atoms with van der Waals surface area (Å²) in [5.74, 6) is 0.556. The van der Waals surface area contributed by atoms with Crippen LogP contribution in [0.15, 0.2) is 16.8 Å². The Kier molecular flexibility index (Phi) is 7.10.